The molecular formula is C16H16FNO3. The van der Waals surface area contributed by atoms with Gasteiger partial charge >= 0.3 is 0 Å². The van der Waals surface area contributed by atoms with Crippen molar-refractivity contribution in [3.63, 3.8) is 0 Å². The molecule has 1 fully saturated rings. The van der Waals surface area contributed by atoms with E-state index in [1.807, 2.05) is 12.2 Å². The largest absolute Gasteiger partial charge is 0.387 e. The Morgan fingerprint density at radius 1 is 1.10 bits per heavy atom. The first-order chi connectivity index (χ1) is 10.1. The maximum absolute atomic E-state index is 12.9. The number of halogens is 1. The third kappa shape index (κ3) is 2.49. The van der Waals surface area contributed by atoms with Crippen LogP contribution in [-0.2, 0) is 9.59 Å². The number of rotatable bonds is 3. The number of carbonyl (C=O) groups is 2. The highest BCUT2D eigenvalue weighted by molar-refractivity contribution is 6.05. The van der Waals surface area contributed by atoms with Crippen LogP contribution in [0.3, 0.4) is 0 Å². The van der Waals surface area contributed by atoms with Crippen molar-refractivity contribution in [1.29, 1.82) is 0 Å². The Morgan fingerprint density at radius 2 is 1.62 bits per heavy atom. The van der Waals surface area contributed by atoms with Crippen molar-refractivity contribution >= 4 is 11.8 Å². The van der Waals surface area contributed by atoms with E-state index < -0.39 is 11.9 Å². The summed E-state index contributed by atoms with van der Waals surface area (Å²) in [4.78, 5) is 25.7. The third-order valence-electron chi connectivity index (χ3n) is 4.21. The van der Waals surface area contributed by atoms with Gasteiger partial charge in [-0.2, -0.15) is 0 Å². The molecule has 1 aliphatic carbocycles. The average molecular weight is 289 g/mol. The van der Waals surface area contributed by atoms with Crippen LogP contribution < -0.4 is 0 Å². The molecule has 0 radical (unpaired) electrons. The number of amides is 2. The van der Waals surface area contributed by atoms with Gasteiger partial charge in [0.1, 0.15) is 5.82 Å². The lowest BCUT2D eigenvalue weighted by atomic mass is 9.85. The highest BCUT2D eigenvalue weighted by Crippen LogP contribution is 2.35. The Bertz CT molecular complexity index is 570. The van der Waals surface area contributed by atoms with Crippen molar-refractivity contribution in [3.05, 3.63) is 47.8 Å². The number of aliphatic hydroxyl groups is 1. The van der Waals surface area contributed by atoms with Gasteiger partial charge in [-0.25, -0.2) is 4.39 Å². The van der Waals surface area contributed by atoms with E-state index in [4.69, 9.17) is 0 Å². The molecule has 1 heterocycles. The molecule has 21 heavy (non-hydrogen) atoms. The van der Waals surface area contributed by atoms with E-state index in [2.05, 4.69) is 0 Å². The molecule has 2 aliphatic rings. The van der Waals surface area contributed by atoms with Crippen molar-refractivity contribution in [2.75, 3.05) is 6.54 Å². The van der Waals surface area contributed by atoms with E-state index in [0.717, 1.165) is 4.90 Å². The number of benzene rings is 1. The highest BCUT2D eigenvalue weighted by atomic mass is 19.1. The molecule has 1 saturated heterocycles. The molecule has 3 atom stereocenters. The molecule has 110 valence electrons. The summed E-state index contributed by atoms with van der Waals surface area (Å²) >= 11 is 0. The lowest BCUT2D eigenvalue weighted by Gasteiger charge is -2.19. The van der Waals surface area contributed by atoms with Crippen LogP contribution in [0.2, 0.25) is 0 Å². The predicted octanol–water partition coefficient (Wildman–Crippen LogP) is 1.81. The summed E-state index contributed by atoms with van der Waals surface area (Å²) in [6, 6.07) is 5.41. The molecule has 0 saturated carbocycles. The van der Waals surface area contributed by atoms with Crippen LogP contribution in [0.15, 0.2) is 36.4 Å². The normalized spacial score (nSPS) is 26.1. The average Bonchev–Trinajstić information content (AvgIpc) is 2.73. The molecule has 0 aromatic heterocycles. The zero-order valence-electron chi connectivity index (χ0n) is 11.4. The number of hydrogen-bond donors (Lipinski definition) is 1. The molecule has 5 heteroatoms. The predicted molar refractivity (Wildman–Crippen MR) is 73.4 cm³/mol. The van der Waals surface area contributed by atoms with Crippen LogP contribution in [0.5, 0.6) is 0 Å². The Balaban J connectivity index is 1.74. The maximum Gasteiger partial charge on any atom is 0.233 e. The second-order valence-corrected chi connectivity index (χ2v) is 5.51. The first-order valence-corrected chi connectivity index (χ1v) is 7.01. The second-order valence-electron chi connectivity index (χ2n) is 5.51. The second kappa shape index (κ2) is 5.41. The molecule has 3 rings (SSSR count). The quantitative estimate of drug-likeness (QED) is 0.682. The molecule has 0 bridgehead atoms. The molecule has 1 aromatic carbocycles. The fourth-order valence-corrected chi connectivity index (χ4v) is 3.01. The number of imide groups is 1. The van der Waals surface area contributed by atoms with E-state index in [9.17, 15) is 19.1 Å². The Morgan fingerprint density at radius 3 is 2.14 bits per heavy atom. The number of β-amino-alcohol motifs (C(OH)–C–C–N with tert-alkyl or cyclic N) is 1. The highest BCUT2D eigenvalue weighted by Gasteiger charge is 2.47. The summed E-state index contributed by atoms with van der Waals surface area (Å²) in [6.45, 7) is -0.0731. The monoisotopic (exact) mass is 289 g/mol. The fraction of sp³-hybridized carbons (Fsp3) is 0.375. The van der Waals surface area contributed by atoms with Gasteiger partial charge in [-0.3, -0.25) is 14.5 Å². The molecular weight excluding hydrogens is 273 g/mol. The number of allylic oxidation sites excluding steroid dienone is 2. The van der Waals surface area contributed by atoms with Crippen molar-refractivity contribution in [3.8, 4) is 0 Å². The molecule has 1 N–H and O–H groups in total. The van der Waals surface area contributed by atoms with Gasteiger partial charge in [0, 0.05) is 0 Å². The smallest absolute Gasteiger partial charge is 0.233 e. The zero-order chi connectivity index (χ0) is 15.0. The number of fused-ring (bicyclic) bond motifs is 1. The molecule has 2 amide bonds. The zero-order valence-corrected chi connectivity index (χ0v) is 11.4. The molecule has 0 spiro atoms. The Labute approximate surface area is 121 Å². The number of hydrogen-bond acceptors (Lipinski definition) is 3. The lowest BCUT2D eigenvalue weighted by molar-refractivity contribution is -0.141. The standard InChI is InChI=1S/C16H16FNO3/c17-11-7-5-10(6-8-11)14(19)9-18-15(20)12-3-1-2-4-13(12)16(18)21/h1-2,5-8,12-14,19H,3-4,9H2/t12-,13-,14-/m1/s1. The first-order valence-electron chi connectivity index (χ1n) is 7.01. The minimum absolute atomic E-state index is 0.0731. The molecule has 0 unspecified atom stereocenters. The SMILES string of the molecule is O=C1[C@@H]2CC=CC[C@H]2C(=O)N1C[C@@H](O)c1ccc(F)cc1. The summed E-state index contributed by atoms with van der Waals surface area (Å²) in [6.07, 6.45) is 4.02. The van der Waals surface area contributed by atoms with Crippen LogP contribution in [0.4, 0.5) is 4.39 Å². The van der Waals surface area contributed by atoms with Gasteiger partial charge in [-0.05, 0) is 30.5 Å². The van der Waals surface area contributed by atoms with Gasteiger partial charge in [0.15, 0.2) is 0 Å². The Hall–Kier alpha value is -2.01. The van der Waals surface area contributed by atoms with E-state index in [-0.39, 0.29) is 30.2 Å². The van der Waals surface area contributed by atoms with Crippen LogP contribution in [-0.4, -0.2) is 28.4 Å². The van der Waals surface area contributed by atoms with Gasteiger partial charge in [0.2, 0.25) is 11.8 Å². The van der Waals surface area contributed by atoms with Crippen molar-refractivity contribution in [1.82, 2.24) is 4.90 Å². The van der Waals surface area contributed by atoms with Gasteiger partial charge in [-0.15, -0.1) is 0 Å². The minimum atomic E-state index is -0.994. The van der Waals surface area contributed by atoms with E-state index in [0.29, 0.717) is 18.4 Å². The molecule has 4 nitrogen and oxygen atoms in total. The third-order valence-corrected chi connectivity index (χ3v) is 4.21. The molecule has 1 aliphatic heterocycles. The van der Waals surface area contributed by atoms with Gasteiger partial charge in [0.25, 0.3) is 0 Å². The number of carbonyl (C=O) groups excluding carboxylic acids is 2. The van der Waals surface area contributed by atoms with Crippen molar-refractivity contribution in [2.24, 2.45) is 11.8 Å². The van der Waals surface area contributed by atoms with E-state index in [1.54, 1.807) is 0 Å². The van der Waals surface area contributed by atoms with Crippen LogP contribution in [0, 0.1) is 17.7 Å². The minimum Gasteiger partial charge on any atom is -0.387 e. The molecule has 1 aromatic rings. The van der Waals surface area contributed by atoms with Gasteiger partial charge < -0.3 is 5.11 Å². The summed E-state index contributed by atoms with van der Waals surface area (Å²) in [7, 11) is 0. The number of likely N-dealkylation sites (tertiary alicyclic amines) is 1. The van der Waals surface area contributed by atoms with Gasteiger partial charge in [-0.1, -0.05) is 24.3 Å². The van der Waals surface area contributed by atoms with E-state index in [1.165, 1.54) is 24.3 Å². The van der Waals surface area contributed by atoms with Crippen LogP contribution in [0.1, 0.15) is 24.5 Å². The van der Waals surface area contributed by atoms with Crippen molar-refractivity contribution < 1.29 is 19.1 Å². The maximum atomic E-state index is 12.9. The van der Waals surface area contributed by atoms with Crippen LogP contribution >= 0.6 is 0 Å². The Kier molecular flexibility index (Phi) is 3.59. The van der Waals surface area contributed by atoms with E-state index >= 15 is 0 Å². The number of aliphatic hydroxyl groups excluding tert-OH is 1. The lowest BCUT2D eigenvalue weighted by Crippen LogP contribution is -2.35. The summed E-state index contributed by atoms with van der Waals surface area (Å²) in [5.74, 6) is -1.40. The van der Waals surface area contributed by atoms with Crippen LogP contribution in [0.25, 0.3) is 0 Å². The van der Waals surface area contributed by atoms with Gasteiger partial charge in [0.05, 0.1) is 24.5 Å². The topological polar surface area (TPSA) is 57.6 Å². The fourth-order valence-electron chi connectivity index (χ4n) is 3.01. The summed E-state index contributed by atoms with van der Waals surface area (Å²) < 4.78 is 12.9. The number of nitrogens with zero attached hydrogens (tertiary/aromatic N) is 1. The van der Waals surface area contributed by atoms with Crippen molar-refractivity contribution in [2.45, 2.75) is 18.9 Å². The summed E-state index contributed by atoms with van der Waals surface area (Å²) in [5.41, 5.74) is 0.491. The summed E-state index contributed by atoms with van der Waals surface area (Å²) in [5, 5.41) is 10.2. The first kappa shape index (κ1) is 13.9.